The molecule has 1 unspecified atom stereocenters. The zero-order valence-corrected chi connectivity index (χ0v) is 16.1. The molecule has 1 aromatic heterocycles. The largest absolute Gasteiger partial charge is 0.395 e. The Balaban J connectivity index is 1.88. The molecule has 0 saturated carbocycles. The molecular formula is C18H18ClFN4O2S. The minimum Gasteiger partial charge on any atom is -0.395 e. The predicted molar refractivity (Wildman–Crippen MR) is 102 cm³/mol. The van der Waals surface area contributed by atoms with Crippen LogP contribution in [0.3, 0.4) is 0 Å². The molecule has 142 valence electrons. The summed E-state index contributed by atoms with van der Waals surface area (Å²) in [6, 6.07) is 5.45. The van der Waals surface area contributed by atoms with Crippen LogP contribution in [0.5, 0.6) is 0 Å². The fraction of sp³-hybridized carbons (Fsp3) is 0.333. The molecule has 27 heavy (non-hydrogen) atoms. The van der Waals surface area contributed by atoms with Crippen molar-refractivity contribution >= 4 is 35.1 Å². The Hall–Kier alpha value is -2.05. The Kier molecular flexibility index (Phi) is 6.07. The first-order valence-electron chi connectivity index (χ1n) is 8.41. The van der Waals surface area contributed by atoms with Crippen molar-refractivity contribution in [3.05, 3.63) is 46.0 Å². The van der Waals surface area contributed by atoms with E-state index in [9.17, 15) is 9.18 Å². The number of nitrogens with zero attached hydrogens (tertiary/aromatic N) is 2. The highest BCUT2D eigenvalue weighted by atomic mass is 35.5. The molecular weight excluding hydrogens is 391 g/mol. The van der Waals surface area contributed by atoms with Crippen LogP contribution in [-0.2, 0) is 13.0 Å². The van der Waals surface area contributed by atoms with Crippen LogP contribution < -0.4 is 10.0 Å². The van der Waals surface area contributed by atoms with Crippen LogP contribution in [0.15, 0.2) is 23.1 Å². The molecule has 2 aromatic rings. The van der Waals surface area contributed by atoms with Crippen molar-refractivity contribution in [2.24, 2.45) is 0 Å². The van der Waals surface area contributed by atoms with Gasteiger partial charge in [-0.15, -0.1) is 0 Å². The van der Waals surface area contributed by atoms with E-state index in [-0.39, 0.29) is 18.2 Å². The van der Waals surface area contributed by atoms with E-state index in [1.54, 1.807) is 6.07 Å². The van der Waals surface area contributed by atoms with Crippen molar-refractivity contribution in [2.45, 2.75) is 37.2 Å². The van der Waals surface area contributed by atoms with E-state index in [0.29, 0.717) is 22.9 Å². The number of hydrogen-bond donors (Lipinski definition) is 3. The van der Waals surface area contributed by atoms with Crippen LogP contribution >= 0.6 is 23.5 Å². The molecule has 1 amide bonds. The van der Waals surface area contributed by atoms with Gasteiger partial charge in [-0.05, 0) is 49.9 Å². The number of carbonyl (C=O) groups is 1. The Morgan fingerprint density at radius 2 is 2.33 bits per heavy atom. The van der Waals surface area contributed by atoms with Crippen molar-refractivity contribution in [3.8, 4) is 6.07 Å². The van der Waals surface area contributed by atoms with Gasteiger partial charge < -0.3 is 15.0 Å². The highest BCUT2D eigenvalue weighted by Gasteiger charge is 2.29. The summed E-state index contributed by atoms with van der Waals surface area (Å²) in [4.78, 5) is 13.6. The summed E-state index contributed by atoms with van der Waals surface area (Å²) in [6.45, 7) is 2.51. The molecule has 0 bridgehead atoms. The molecule has 9 heteroatoms. The molecule has 0 spiro atoms. The number of nitrogens with one attached hydrogen (secondary N) is 2. The van der Waals surface area contributed by atoms with E-state index < -0.39 is 11.7 Å². The summed E-state index contributed by atoms with van der Waals surface area (Å²) in [5, 5.41) is 21.1. The molecule has 2 heterocycles. The maximum atomic E-state index is 13.5. The zero-order chi connectivity index (χ0) is 19.6. The molecule has 1 atom stereocenters. The van der Waals surface area contributed by atoms with Gasteiger partial charge in [0.2, 0.25) is 0 Å². The number of halogens is 2. The monoisotopic (exact) mass is 408 g/mol. The van der Waals surface area contributed by atoms with Crippen molar-refractivity contribution in [2.75, 3.05) is 11.9 Å². The van der Waals surface area contributed by atoms with Gasteiger partial charge in [0.05, 0.1) is 22.1 Å². The number of nitriles is 1. The van der Waals surface area contributed by atoms with Crippen LogP contribution in [0.4, 0.5) is 10.1 Å². The van der Waals surface area contributed by atoms with Crippen LogP contribution in [0.2, 0.25) is 5.02 Å². The van der Waals surface area contributed by atoms with Crippen molar-refractivity contribution in [1.82, 2.24) is 9.29 Å². The number of carbonyl (C=O) groups excluding carboxylic acids is 1. The minimum atomic E-state index is -0.639. The van der Waals surface area contributed by atoms with Gasteiger partial charge in [-0.2, -0.15) is 5.26 Å². The second-order valence-electron chi connectivity index (χ2n) is 6.26. The highest BCUT2D eigenvalue weighted by molar-refractivity contribution is 7.97. The minimum absolute atomic E-state index is 0.0141. The Morgan fingerprint density at radius 3 is 3.04 bits per heavy atom. The number of anilines is 1. The van der Waals surface area contributed by atoms with Crippen molar-refractivity contribution < 1.29 is 14.3 Å². The average Bonchev–Trinajstić information content (AvgIpc) is 3.21. The second kappa shape index (κ2) is 8.31. The van der Waals surface area contributed by atoms with Gasteiger partial charge in [-0.1, -0.05) is 11.6 Å². The SMILES string of the molecule is CC(CO)NSc1c(Cl)c(C(=O)Nc2ccc(F)c(C#N)c2)n2c1CCC2. The summed E-state index contributed by atoms with van der Waals surface area (Å²) in [5.41, 5.74) is 1.50. The van der Waals surface area contributed by atoms with E-state index in [4.69, 9.17) is 22.0 Å². The number of benzene rings is 1. The first kappa shape index (κ1) is 19.7. The van der Waals surface area contributed by atoms with Gasteiger partial charge in [0.25, 0.3) is 5.91 Å². The average molecular weight is 409 g/mol. The van der Waals surface area contributed by atoms with Crippen LogP contribution in [0.1, 0.15) is 35.1 Å². The normalized spacial score (nSPS) is 13.9. The van der Waals surface area contributed by atoms with E-state index in [2.05, 4.69) is 10.0 Å². The van der Waals surface area contributed by atoms with Crippen molar-refractivity contribution in [1.29, 1.82) is 5.26 Å². The number of hydrogen-bond acceptors (Lipinski definition) is 5. The van der Waals surface area contributed by atoms with Gasteiger partial charge in [0, 0.05) is 24.0 Å². The van der Waals surface area contributed by atoms with Gasteiger partial charge in [0.15, 0.2) is 0 Å². The van der Waals surface area contributed by atoms with E-state index in [0.717, 1.165) is 29.5 Å². The lowest BCUT2D eigenvalue weighted by molar-refractivity contribution is 0.101. The maximum Gasteiger partial charge on any atom is 0.273 e. The third-order valence-corrected chi connectivity index (χ3v) is 5.90. The molecule has 0 fully saturated rings. The maximum absolute atomic E-state index is 13.5. The van der Waals surface area contributed by atoms with E-state index in [1.807, 2.05) is 11.5 Å². The summed E-state index contributed by atoms with van der Waals surface area (Å²) in [5.74, 6) is -1.06. The Labute approximate surface area is 165 Å². The molecule has 1 aromatic carbocycles. The summed E-state index contributed by atoms with van der Waals surface area (Å²) >= 11 is 7.80. The molecule has 3 rings (SSSR count). The summed E-state index contributed by atoms with van der Waals surface area (Å²) in [6.07, 6.45) is 1.71. The van der Waals surface area contributed by atoms with Gasteiger partial charge in [-0.3, -0.25) is 9.52 Å². The summed E-state index contributed by atoms with van der Waals surface area (Å²) in [7, 11) is 0. The molecule has 0 aliphatic carbocycles. The molecule has 1 aliphatic rings. The van der Waals surface area contributed by atoms with Gasteiger partial charge in [-0.25, -0.2) is 4.39 Å². The predicted octanol–water partition coefficient (Wildman–Crippen LogP) is 3.33. The molecule has 3 N–H and O–H groups in total. The zero-order valence-electron chi connectivity index (χ0n) is 14.6. The number of aliphatic hydroxyl groups is 1. The van der Waals surface area contributed by atoms with Crippen molar-refractivity contribution in [3.63, 3.8) is 0 Å². The fourth-order valence-corrected chi connectivity index (χ4v) is 4.23. The van der Waals surface area contributed by atoms with E-state index >= 15 is 0 Å². The Morgan fingerprint density at radius 1 is 1.56 bits per heavy atom. The lowest BCUT2D eigenvalue weighted by atomic mass is 10.2. The molecule has 1 aliphatic heterocycles. The lowest BCUT2D eigenvalue weighted by Crippen LogP contribution is -2.22. The van der Waals surface area contributed by atoms with Crippen LogP contribution in [0, 0.1) is 17.1 Å². The first-order valence-corrected chi connectivity index (χ1v) is 9.60. The smallest absolute Gasteiger partial charge is 0.273 e. The third-order valence-electron chi connectivity index (χ3n) is 4.26. The lowest BCUT2D eigenvalue weighted by Gasteiger charge is -2.10. The fourth-order valence-electron chi connectivity index (χ4n) is 2.91. The molecule has 0 saturated heterocycles. The van der Waals surface area contributed by atoms with Gasteiger partial charge in [0.1, 0.15) is 17.6 Å². The number of aliphatic hydroxyl groups excluding tert-OH is 1. The molecule has 0 radical (unpaired) electrons. The second-order valence-corrected chi connectivity index (χ2v) is 7.48. The number of amides is 1. The number of rotatable bonds is 6. The standard InChI is InChI=1S/C18H18ClFN4O2S/c1-10(9-25)23-27-17-14-3-2-6-24(14)16(15(17)19)18(26)22-12-4-5-13(20)11(7-12)8-21/h4-5,7,10,23,25H,2-3,6,9H2,1H3,(H,22,26). The third kappa shape index (κ3) is 3.96. The van der Waals surface area contributed by atoms with E-state index in [1.165, 1.54) is 24.1 Å². The Bertz CT molecular complexity index is 925. The quantitative estimate of drug-likeness (QED) is 0.638. The summed E-state index contributed by atoms with van der Waals surface area (Å²) < 4.78 is 18.5. The van der Waals surface area contributed by atoms with Crippen LogP contribution in [-0.4, -0.2) is 28.2 Å². The topological polar surface area (TPSA) is 90.1 Å². The number of aromatic nitrogens is 1. The number of fused-ring (bicyclic) bond motifs is 1. The van der Waals surface area contributed by atoms with Crippen LogP contribution in [0.25, 0.3) is 0 Å². The first-order chi connectivity index (χ1) is 13.0. The molecule has 6 nitrogen and oxygen atoms in total. The highest BCUT2D eigenvalue weighted by Crippen LogP contribution is 2.39. The van der Waals surface area contributed by atoms with Gasteiger partial charge >= 0.3 is 0 Å².